The van der Waals surface area contributed by atoms with Gasteiger partial charge >= 0.3 is 0 Å². The van der Waals surface area contributed by atoms with Crippen LogP contribution in [0.5, 0.6) is 5.75 Å². The number of rotatable bonds is 6. The molecule has 3 aromatic rings. The van der Waals surface area contributed by atoms with E-state index in [2.05, 4.69) is 9.88 Å². The lowest BCUT2D eigenvalue weighted by Gasteiger charge is -2.24. The number of methoxy groups -OCH3 is 1. The van der Waals surface area contributed by atoms with Gasteiger partial charge in [-0.25, -0.2) is 0 Å². The Balaban J connectivity index is 1.50. The van der Waals surface area contributed by atoms with E-state index in [4.69, 9.17) is 9.15 Å². The van der Waals surface area contributed by atoms with Crippen molar-refractivity contribution >= 4 is 17.5 Å². The fraction of sp³-hybridized carbons (Fsp3) is 0.333. The van der Waals surface area contributed by atoms with Crippen LogP contribution in [0.1, 0.15) is 40.3 Å². The highest BCUT2D eigenvalue weighted by atomic mass is 16.5. The molecule has 0 saturated carbocycles. The zero-order valence-electron chi connectivity index (χ0n) is 18.1. The van der Waals surface area contributed by atoms with Crippen LogP contribution < -0.4 is 10.1 Å². The van der Waals surface area contributed by atoms with Gasteiger partial charge in [0.25, 0.3) is 5.91 Å². The molecule has 2 amide bonds. The first kappa shape index (κ1) is 20.8. The van der Waals surface area contributed by atoms with E-state index in [1.54, 1.807) is 42.5 Å². The number of aryl methyl sites for hydroxylation is 1. The lowest BCUT2D eigenvalue weighted by Crippen LogP contribution is -2.43. The summed E-state index contributed by atoms with van der Waals surface area (Å²) < 4.78 is 12.7. The molecule has 0 radical (unpaired) electrons. The maximum Gasteiger partial charge on any atom is 0.256 e. The second kappa shape index (κ2) is 8.71. The van der Waals surface area contributed by atoms with Gasteiger partial charge < -0.3 is 23.9 Å². The molecule has 162 valence electrons. The molecule has 7 heteroatoms. The van der Waals surface area contributed by atoms with E-state index in [-0.39, 0.29) is 11.8 Å². The average Bonchev–Trinajstić information content (AvgIpc) is 3.52. The fourth-order valence-electron chi connectivity index (χ4n) is 4.16. The highest BCUT2D eigenvalue weighted by Crippen LogP contribution is 2.25. The normalized spacial score (nSPS) is 15.8. The van der Waals surface area contributed by atoms with E-state index in [0.717, 1.165) is 29.3 Å². The average molecular weight is 421 g/mol. The Kier molecular flexibility index (Phi) is 5.84. The molecular weight excluding hydrogens is 394 g/mol. The molecule has 1 atom stereocenters. The van der Waals surface area contributed by atoms with Crippen LogP contribution in [-0.2, 0) is 11.3 Å². The SMILES string of the molecule is COc1ccc(NC(=O)C2CCCN2C(=O)c2cc(C)n(Cc3ccco3)c2C)cc1. The third-order valence-corrected chi connectivity index (χ3v) is 5.87. The quantitative estimate of drug-likeness (QED) is 0.653. The molecule has 2 aromatic heterocycles. The molecule has 0 bridgehead atoms. The van der Waals surface area contributed by atoms with Crippen LogP contribution in [0.3, 0.4) is 0 Å². The largest absolute Gasteiger partial charge is 0.497 e. The maximum atomic E-state index is 13.4. The van der Waals surface area contributed by atoms with Crippen molar-refractivity contribution in [2.45, 2.75) is 39.3 Å². The summed E-state index contributed by atoms with van der Waals surface area (Å²) >= 11 is 0. The van der Waals surface area contributed by atoms with Crippen molar-refractivity contribution in [3.8, 4) is 5.75 Å². The number of hydrogen-bond donors (Lipinski definition) is 1. The topological polar surface area (TPSA) is 76.7 Å². The van der Waals surface area contributed by atoms with Crippen LogP contribution in [0.15, 0.2) is 53.1 Å². The smallest absolute Gasteiger partial charge is 0.256 e. The molecule has 1 saturated heterocycles. The van der Waals surface area contributed by atoms with Gasteiger partial charge in [-0.2, -0.15) is 0 Å². The molecule has 1 N–H and O–H groups in total. The summed E-state index contributed by atoms with van der Waals surface area (Å²) in [6, 6.07) is 12.4. The predicted octanol–water partition coefficient (Wildman–Crippen LogP) is 4.00. The third kappa shape index (κ3) is 4.21. The minimum Gasteiger partial charge on any atom is -0.497 e. The van der Waals surface area contributed by atoms with Crippen molar-refractivity contribution in [3.63, 3.8) is 0 Å². The number of nitrogens with zero attached hydrogens (tertiary/aromatic N) is 2. The van der Waals surface area contributed by atoms with Gasteiger partial charge in [-0.1, -0.05) is 0 Å². The highest BCUT2D eigenvalue weighted by Gasteiger charge is 2.35. The monoisotopic (exact) mass is 421 g/mol. The molecule has 3 heterocycles. The van der Waals surface area contributed by atoms with Gasteiger partial charge in [0, 0.05) is 23.6 Å². The number of aromatic nitrogens is 1. The van der Waals surface area contributed by atoms with Crippen molar-refractivity contribution in [3.05, 3.63) is 71.4 Å². The van der Waals surface area contributed by atoms with Gasteiger partial charge in [-0.3, -0.25) is 9.59 Å². The van der Waals surface area contributed by atoms with Gasteiger partial charge in [-0.05, 0) is 69.2 Å². The molecule has 4 rings (SSSR count). The van der Waals surface area contributed by atoms with E-state index in [1.165, 1.54) is 0 Å². The first-order valence-electron chi connectivity index (χ1n) is 10.4. The van der Waals surface area contributed by atoms with Gasteiger partial charge in [-0.15, -0.1) is 0 Å². The van der Waals surface area contributed by atoms with Crippen LogP contribution in [0.2, 0.25) is 0 Å². The Morgan fingerprint density at radius 1 is 1.19 bits per heavy atom. The van der Waals surface area contributed by atoms with E-state index >= 15 is 0 Å². The molecule has 1 aliphatic heterocycles. The number of amides is 2. The van der Waals surface area contributed by atoms with Crippen molar-refractivity contribution < 1.29 is 18.7 Å². The number of benzene rings is 1. The van der Waals surface area contributed by atoms with Crippen LogP contribution in [0.4, 0.5) is 5.69 Å². The van der Waals surface area contributed by atoms with Crippen molar-refractivity contribution in [1.29, 1.82) is 0 Å². The molecule has 1 aromatic carbocycles. The number of nitrogens with one attached hydrogen (secondary N) is 1. The van der Waals surface area contributed by atoms with Gasteiger partial charge in [0.05, 0.1) is 25.5 Å². The number of hydrogen-bond acceptors (Lipinski definition) is 4. The number of furan rings is 1. The summed E-state index contributed by atoms with van der Waals surface area (Å²) in [7, 11) is 1.60. The Hall–Kier alpha value is -3.48. The lowest BCUT2D eigenvalue weighted by atomic mass is 10.1. The van der Waals surface area contributed by atoms with Crippen LogP contribution in [0.25, 0.3) is 0 Å². The molecule has 31 heavy (non-hydrogen) atoms. The number of carbonyl (C=O) groups is 2. The van der Waals surface area contributed by atoms with Crippen LogP contribution in [-0.4, -0.2) is 41.0 Å². The summed E-state index contributed by atoms with van der Waals surface area (Å²) in [6.45, 7) is 5.05. The summed E-state index contributed by atoms with van der Waals surface area (Å²) in [5.41, 5.74) is 3.17. The minimum atomic E-state index is -0.484. The number of anilines is 1. The van der Waals surface area contributed by atoms with Crippen molar-refractivity contribution in [2.24, 2.45) is 0 Å². The highest BCUT2D eigenvalue weighted by molar-refractivity contribution is 6.02. The Bertz CT molecular complexity index is 1070. The van der Waals surface area contributed by atoms with Crippen LogP contribution >= 0.6 is 0 Å². The molecule has 0 aliphatic carbocycles. The lowest BCUT2D eigenvalue weighted by molar-refractivity contribution is -0.119. The first-order chi connectivity index (χ1) is 15.0. The van der Waals surface area contributed by atoms with Crippen molar-refractivity contribution in [2.75, 3.05) is 19.0 Å². The van der Waals surface area contributed by atoms with Gasteiger partial charge in [0.15, 0.2) is 0 Å². The predicted molar refractivity (Wildman–Crippen MR) is 117 cm³/mol. The van der Waals surface area contributed by atoms with E-state index in [1.807, 2.05) is 32.0 Å². The Labute approximate surface area is 181 Å². The summed E-state index contributed by atoms with van der Waals surface area (Å²) in [5, 5.41) is 2.93. The zero-order valence-corrected chi connectivity index (χ0v) is 18.1. The molecule has 1 unspecified atom stereocenters. The van der Waals surface area contributed by atoms with Gasteiger partial charge in [0.2, 0.25) is 5.91 Å². The molecule has 7 nitrogen and oxygen atoms in total. The molecular formula is C24H27N3O4. The summed E-state index contributed by atoms with van der Waals surface area (Å²) in [6.07, 6.45) is 3.10. The summed E-state index contributed by atoms with van der Waals surface area (Å²) in [4.78, 5) is 28.0. The molecule has 1 fully saturated rings. The Morgan fingerprint density at radius 2 is 1.97 bits per heavy atom. The number of carbonyl (C=O) groups excluding carboxylic acids is 2. The molecule has 1 aliphatic rings. The van der Waals surface area contributed by atoms with E-state index in [0.29, 0.717) is 30.8 Å². The summed E-state index contributed by atoms with van der Waals surface area (Å²) in [5.74, 6) is 1.28. The second-order valence-electron chi connectivity index (χ2n) is 7.82. The first-order valence-corrected chi connectivity index (χ1v) is 10.4. The third-order valence-electron chi connectivity index (χ3n) is 5.87. The second-order valence-corrected chi connectivity index (χ2v) is 7.82. The molecule has 0 spiro atoms. The van der Waals surface area contributed by atoms with E-state index in [9.17, 15) is 9.59 Å². The zero-order chi connectivity index (χ0) is 22.0. The van der Waals surface area contributed by atoms with E-state index < -0.39 is 6.04 Å². The Morgan fingerprint density at radius 3 is 2.65 bits per heavy atom. The fourth-order valence-corrected chi connectivity index (χ4v) is 4.16. The van der Waals surface area contributed by atoms with Gasteiger partial charge in [0.1, 0.15) is 17.6 Å². The van der Waals surface area contributed by atoms with Crippen molar-refractivity contribution in [1.82, 2.24) is 9.47 Å². The number of ether oxygens (including phenoxy) is 1. The minimum absolute atomic E-state index is 0.105. The maximum absolute atomic E-state index is 13.4. The van der Waals surface area contributed by atoms with Crippen LogP contribution in [0, 0.1) is 13.8 Å². The standard InChI is InChI=1S/C24H27N3O4/c1-16-14-21(17(2)27(16)15-20-6-5-13-31-20)24(29)26-12-4-7-22(26)23(28)25-18-8-10-19(30-3)11-9-18/h5-6,8-11,13-14,22H,4,7,12,15H2,1-3H3,(H,25,28). The number of likely N-dealkylation sites (tertiary alicyclic amines) is 1.